The van der Waals surface area contributed by atoms with Crippen LogP contribution >= 0.6 is 23.2 Å². The number of esters is 1. The Hall–Kier alpha value is -2.19. The minimum absolute atomic E-state index is 0.0519. The number of Topliss-reactive ketones (excluding diaryl/α,β-unsaturated/α-hetero) is 1. The Balaban J connectivity index is 2.27. The molecule has 0 fully saturated rings. The zero-order valence-corrected chi connectivity index (χ0v) is 16.4. The van der Waals surface area contributed by atoms with Crippen molar-refractivity contribution in [3.63, 3.8) is 0 Å². The molecule has 27 heavy (non-hydrogen) atoms. The van der Waals surface area contributed by atoms with Gasteiger partial charge in [-0.05, 0) is 48.4 Å². The van der Waals surface area contributed by atoms with Crippen LogP contribution in [0.15, 0.2) is 52.9 Å². The van der Waals surface area contributed by atoms with Gasteiger partial charge >= 0.3 is 5.97 Å². The Kier molecular flexibility index (Phi) is 6.78. The Morgan fingerprint density at radius 1 is 1.11 bits per heavy atom. The zero-order chi connectivity index (χ0) is 20.2. The molecule has 2 rings (SSSR count). The van der Waals surface area contributed by atoms with Crippen LogP contribution in [0.3, 0.4) is 0 Å². The van der Waals surface area contributed by atoms with Crippen LogP contribution < -0.4 is 5.14 Å². The molecule has 0 aliphatic heterocycles. The van der Waals surface area contributed by atoms with E-state index in [1.165, 1.54) is 31.2 Å². The van der Waals surface area contributed by atoms with Gasteiger partial charge in [-0.2, -0.15) is 0 Å². The number of carbonyl (C=O) groups excluding carboxylic acids is 2. The fourth-order valence-electron chi connectivity index (χ4n) is 2.11. The van der Waals surface area contributed by atoms with Crippen LogP contribution in [0.4, 0.5) is 0 Å². The van der Waals surface area contributed by atoms with Gasteiger partial charge in [-0.1, -0.05) is 41.4 Å². The molecule has 0 bridgehead atoms. The molecular weight excluding hydrogens is 413 g/mol. The average Bonchev–Trinajstić information content (AvgIpc) is 2.59. The summed E-state index contributed by atoms with van der Waals surface area (Å²) in [7, 11) is -4.06. The number of hydrogen-bond acceptors (Lipinski definition) is 5. The first-order chi connectivity index (χ1) is 12.6. The normalized spacial score (nSPS) is 11.9. The summed E-state index contributed by atoms with van der Waals surface area (Å²) < 4.78 is 28.2. The van der Waals surface area contributed by atoms with Crippen molar-refractivity contribution < 1.29 is 22.7 Å². The maximum Gasteiger partial charge on any atom is 0.342 e. The van der Waals surface area contributed by atoms with E-state index in [9.17, 15) is 18.0 Å². The first-order valence-corrected chi connectivity index (χ1v) is 9.84. The lowest BCUT2D eigenvalue weighted by atomic mass is 10.1. The van der Waals surface area contributed by atoms with Gasteiger partial charge in [0.05, 0.1) is 5.02 Å². The second-order valence-corrected chi connectivity index (χ2v) is 7.93. The molecule has 2 aromatic rings. The van der Waals surface area contributed by atoms with Gasteiger partial charge in [-0.15, -0.1) is 0 Å². The topological polar surface area (TPSA) is 104 Å². The second kappa shape index (κ2) is 8.67. The number of nitrogens with two attached hydrogens (primary N) is 1. The summed E-state index contributed by atoms with van der Waals surface area (Å²) in [6.07, 6.45) is 1.22. The van der Waals surface area contributed by atoms with Crippen molar-refractivity contribution in [1.29, 1.82) is 0 Å². The number of halogens is 2. The molecule has 6 nitrogen and oxygen atoms in total. The highest BCUT2D eigenvalue weighted by Gasteiger charge is 2.18. The van der Waals surface area contributed by atoms with E-state index >= 15 is 0 Å². The quantitative estimate of drug-likeness (QED) is 0.329. The van der Waals surface area contributed by atoms with Gasteiger partial charge in [0.1, 0.15) is 17.1 Å². The largest absolute Gasteiger partial charge is 0.457 e. The highest BCUT2D eigenvalue weighted by molar-refractivity contribution is 7.89. The van der Waals surface area contributed by atoms with Gasteiger partial charge < -0.3 is 4.74 Å². The van der Waals surface area contributed by atoms with E-state index in [0.29, 0.717) is 10.6 Å². The van der Waals surface area contributed by atoms with Crippen molar-refractivity contribution in [2.45, 2.75) is 18.4 Å². The molecule has 0 atom stereocenters. The maximum absolute atomic E-state index is 12.3. The Morgan fingerprint density at radius 3 is 2.30 bits per heavy atom. The number of rotatable bonds is 6. The number of ether oxygens (including phenoxy) is 1. The second-order valence-electron chi connectivity index (χ2n) is 5.55. The van der Waals surface area contributed by atoms with Crippen LogP contribution in [0.25, 0.3) is 6.08 Å². The Morgan fingerprint density at radius 2 is 1.74 bits per heavy atom. The molecular formula is C18H15Cl2NO5S. The molecule has 0 aliphatic carbocycles. The summed E-state index contributed by atoms with van der Waals surface area (Å²) in [6.45, 7) is 1.15. The number of sulfonamides is 1. The summed E-state index contributed by atoms with van der Waals surface area (Å²) in [4.78, 5) is 23.8. The smallest absolute Gasteiger partial charge is 0.342 e. The standard InChI is InChI=1S/C18H15Cl2NO5S/c1-11(22)15(18(23)26-10-12-2-5-14(19)6-3-12)8-13-4-7-16(20)17(9-13)27(21,24)25/h2-9H,10H2,1H3,(H2,21,24,25). The summed E-state index contributed by atoms with van der Waals surface area (Å²) in [6, 6.07) is 10.6. The maximum atomic E-state index is 12.3. The van der Waals surface area contributed by atoms with Crippen LogP contribution in [0.2, 0.25) is 10.0 Å². The number of ketones is 1. The third-order valence-electron chi connectivity index (χ3n) is 3.46. The van der Waals surface area contributed by atoms with Crippen molar-refractivity contribution in [3.05, 3.63) is 69.2 Å². The summed E-state index contributed by atoms with van der Waals surface area (Å²) in [5.41, 5.74) is 0.711. The summed E-state index contributed by atoms with van der Waals surface area (Å²) in [5, 5.41) is 5.58. The fraction of sp³-hybridized carbons (Fsp3) is 0.111. The number of benzene rings is 2. The van der Waals surface area contributed by atoms with Gasteiger partial charge in [0.15, 0.2) is 5.78 Å². The molecule has 0 radical (unpaired) electrons. The molecule has 0 saturated carbocycles. The molecule has 0 aromatic heterocycles. The van der Waals surface area contributed by atoms with E-state index in [2.05, 4.69) is 0 Å². The highest BCUT2D eigenvalue weighted by Crippen LogP contribution is 2.23. The Labute approximate surface area is 166 Å². The number of hydrogen-bond donors (Lipinski definition) is 1. The van der Waals surface area contributed by atoms with Crippen LogP contribution in [-0.2, 0) is 31.0 Å². The first kappa shape index (κ1) is 21.1. The minimum atomic E-state index is -4.06. The lowest BCUT2D eigenvalue weighted by Gasteiger charge is -2.08. The predicted octanol–water partition coefficient (Wildman–Crippen LogP) is 3.36. The van der Waals surface area contributed by atoms with E-state index in [1.54, 1.807) is 24.3 Å². The van der Waals surface area contributed by atoms with E-state index < -0.39 is 21.8 Å². The fourth-order valence-corrected chi connectivity index (χ4v) is 3.31. The summed E-state index contributed by atoms with van der Waals surface area (Å²) in [5.74, 6) is -1.38. The van der Waals surface area contributed by atoms with Gasteiger partial charge in [-0.3, -0.25) is 4.79 Å². The van der Waals surface area contributed by atoms with Crippen molar-refractivity contribution in [1.82, 2.24) is 0 Å². The van der Waals surface area contributed by atoms with Crippen molar-refractivity contribution in [2.24, 2.45) is 5.14 Å². The molecule has 0 amide bonds. The molecule has 0 spiro atoms. The number of primary sulfonamides is 1. The lowest BCUT2D eigenvalue weighted by molar-refractivity contribution is -0.141. The van der Waals surface area contributed by atoms with E-state index in [4.69, 9.17) is 33.1 Å². The number of carbonyl (C=O) groups is 2. The molecule has 9 heteroatoms. The first-order valence-electron chi connectivity index (χ1n) is 7.54. The van der Waals surface area contributed by atoms with Crippen molar-refractivity contribution >= 4 is 51.1 Å². The average molecular weight is 428 g/mol. The van der Waals surface area contributed by atoms with E-state index in [0.717, 1.165) is 0 Å². The third kappa shape index (κ3) is 5.90. The van der Waals surface area contributed by atoms with Crippen molar-refractivity contribution in [3.8, 4) is 0 Å². The van der Waals surface area contributed by atoms with Gasteiger partial charge in [-0.25, -0.2) is 18.4 Å². The molecule has 0 unspecified atom stereocenters. The zero-order valence-electron chi connectivity index (χ0n) is 14.1. The molecule has 0 heterocycles. The SMILES string of the molecule is CC(=O)C(=Cc1ccc(Cl)c(S(N)(=O)=O)c1)C(=O)OCc1ccc(Cl)cc1. The predicted molar refractivity (Wildman–Crippen MR) is 103 cm³/mol. The molecule has 0 saturated heterocycles. The monoisotopic (exact) mass is 427 g/mol. The molecule has 142 valence electrons. The van der Waals surface area contributed by atoms with Gasteiger partial charge in [0.2, 0.25) is 10.0 Å². The lowest BCUT2D eigenvalue weighted by Crippen LogP contribution is -2.14. The molecule has 2 aromatic carbocycles. The van der Waals surface area contributed by atoms with Crippen LogP contribution in [-0.4, -0.2) is 20.2 Å². The van der Waals surface area contributed by atoms with E-state index in [1.807, 2.05) is 0 Å². The Bertz CT molecular complexity index is 1010. The van der Waals surface area contributed by atoms with Gasteiger partial charge in [0, 0.05) is 5.02 Å². The van der Waals surface area contributed by atoms with Crippen LogP contribution in [0, 0.1) is 0 Å². The summed E-state index contributed by atoms with van der Waals surface area (Å²) >= 11 is 11.6. The highest BCUT2D eigenvalue weighted by atomic mass is 35.5. The minimum Gasteiger partial charge on any atom is -0.457 e. The molecule has 2 N–H and O–H groups in total. The van der Waals surface area contributed by atoms with Crippen LogP contribution in [0.1, 0.15) is 18.1 Å². The molecule has 0 aliphatic rings. The van der Waals surface area contributed by atoms with E-state index in [-0.39, 0.29) is 27.7 Å². The van der Waals surface area contributed by atoms with Crippen molar-refractivity contribution in [2.75, 3.05) is 0 Å². The van der Waals surface area contributed by atoms with Gasteiger partial charge in [0.25, 0.3) is 0 Å². The van der Waals surface area contributed by atoms with Crippen LogP contribution in [0.5, 0.6) is 0 Å². The third-order valence-corrected chi connectivity index (χ3v) is 5.10.